The van der Waals surface area contributed by atoms with E-state index in [4.69, 9.17) is 11.2 Å². The summed E-state index contributed by atoms with van der Waals surface area (Å²) in [6.07, 6.45) is 9.22. The zero-order valence-electron chi connectivity index (χ0n) is 15.8. The van der Waals surface area contributed by atoms with Crippen molar-refractivity contribution in [2.24, 2.45) is 0 Å². The van der Waals surface area contributed by atoms with Gasteiger partial charge in [-0.3, -0.25) is 0 Å². The Balaban J connectivity index is 1.70. The number of hydrogen-bond acceptors (Lipinski definition) is 6. The van der Waals surface area contributed by atoms with E-state index in [0.717, 1.165) is 65.3 Å². The molecule has 1 aliphatic rings. The number of hydrogen-bond donors (Lipinski definition) is 3. The van der Waals surface area contributed by atoms with Gasteiger partial charge in [-0.05, 0) is 50.2 Å². The first-order valence-electron chi connectivity index (χ1n) is 9.40. The highest BCUT2D eigenvalue weighted by Gasteiger charge is 2.16. The Morgan fingerprint density at radius 2 is 2.04 bits per heavy atom. The minimum absolute atomic E-state index is 0.418. The maximum atomic E-state index is 5.60. The van der Waals surface area contributed by atoms with Crippen molar-refractivity contribution in [1.82, 2.24) is 15.3 Å². The van der Waals surface area contributed by atoms with Crippen LogP contribution in [0.15, 0.2) is 42.7 Å². The fraction of sp³-hybridized carbons (Fsp3) is 0.273. The molecule has 0 atom stereocenters. The fourth-order valence-corrected chi connectivity index (χ4v) is 3.47. The first-order valence-corrected chi connectivity index (χ1v) is 9.40. The highest BCUT2D eigenvalue weighted by Crippen LogP contribution is 2.34. The SMILES string of the molecule is C#Cc1cccc(Nc2ncnc3cc(OC)c(NC4CCNCC4)cc23)c1. The van der Waals surface area contributed by atoms with Gasteiger partial charge in [-0.15, -0.1) is 6.42 Å². The molecule has 0 radical (unpaired) electrons. The Hall–Kier alpha value is -3.30. The topological polar surface area (TPSA) is 71.1 Å². The van der Waals surface area contributed by atoms with E-state index in [1.165, 1.54) is 0 Å². The van der Waals surface area contributed by atoms with Gasteiger partial charge in [-0.2, -0.15) is 0 Å². The summed E-state index contributed by atoms with van der Waals surface area (Å²) in [6, 6.07) is 12.1. The standard InChI is InChI=1S/C22H23N5O/c1-3-15-5-4-6-17(11-15)27-22-18-12-20(26-16-7-9-23-10-8-16)21(28-2)13-19(18)24-14-25-22/h1,4-6,11-14,16,23,26H,7-10H2,2H3,(H,24,25,27). The van der Waals surface area contributed by atoms with Crippen molar-refractivity contribution < 1.29 is 4.74 Å². The van der Waals surface area contributed by atoms with Crippen molar-refractivity contribution in [2.45, 2.75) is 18.9 Å². The summed E-state index contributed by atoms with van der Waals surface area (Å²) in [7, 11) is 1.68. The molecule has 142 valence electrons. The maximum absolute atomic E-state index is 5.60. The molecule has 3 aromatic rings. The van der Waals surface area contributed by atoms with Crippen molar-refractivity contribution in [3.63, 3.8) is 0 Å². The van der Waals surface area contributed by atoms with Crippen molar-refractivity contribution in [3.05, 3.63) is 48.3 Å². The van der Waals surface area contributed by atoms with Gasteiger partial charge in [0.15, 0.2) is 0 Å². The minimum Gasteiger partial charge on any atom is -0.495 e. The molecule has 2 aromatic carbocycles. The molecule has 28 heavy (non-hydrogen) atoms. The summed E-state index contributed by atoms with van der Waals surface area (Å²) >= 11 is 0. The smallest absolute Gasteiger partial charge is 0.144 e. The Kier molecular flexibility index (Phi) is 5.27. The van der Waals surface area contributed by atoms with Crippen LogP contribution in [0.4, 0.5) is 17.2 Å². The molecule has 1 aliphatic heterocycles. The molecule has 0 aliphatic carbocycles. The first-order chi connectivity index (χ1) is 13.8. The van der Waals surface area contributed by atoms with Crippen molar-refractivity contribution >= 4 is 28.1 Å². The van der Waals surface area contributed by atoms with E-state index < -0.39 is 0 Å². The minimum atomic E-state index is 0.418. The number of benzene rings is 2. The lowest BCUT2D eigenvalue weighted by Gasteiger charge is -2.25. The molecule has 1 fully saturated rings. The summed E-state index contributed by atoms with van der Waals surface area (Å²) in [5.74, 6) is 4.17. The zero-order chi connectivity index (χ0) is 19.3. The van der Waals surface area contributed by atoms with Crippen LogP contribution in [0.25, 0.3) is 10.9 Å². The fourth-order valence-electron chi connectivity index (χ4n) is 3.47. The Bertz CT molecular complexity index is 1020. The highest BCUT2D eigenvalue weighted by molar-refractivity contribution is 5.95. The molecule has 0 bridgehead atoms. The van der Waals surface area contributed by atoms with Crippen LogP contribution < -0.4 is 20.7 Å². The molecule has 1 aromatic heterocycles. The first kappa shape index (κ1) is 18.1. The van der Waals surface area contributed by atoms with Crippen LogP contribution in [0.5, 0.6) is 5.75 Å². The number of terminal acetylenes is 1. The van der Waals surface area contributed by atoms with Crippen LogP contribution in [0, 0.1) is 12.3 Å². The van der Waals surface area contributed by atoms with E-state index in [9.17, 15) is 0 Å². The summed E-state index contributed by atoms with van der Waals surface area (Å²) in [6.45, 7) is 2.05. The average Bonchev–Trinajstić information content (AvgIpc) is 2.74. The third-order valence-corrected chi connectivity index (χ3v) is 4.95. The summed E-state index contributed by atoms with van der Waals surface area (Å²) in [5.41, 5.74) is 3.48. The van der Waals surface area contributed by atoms with E-state index in [2.05, 4.69) is 37.9 Å². The summed E-state index contributed by atoms with van der Waals surface area (Å²) in [5, 5.41) is 11.3. The molecule has 0 amide bonds. The predicted molar refractivity (Wildman–Crippen MR) is 113 cm³/mol. The Labute approximate surface area is 164 Å². The number of nitrogens with zero attached hydrogens (tertiary/aromatic N) is 2. The van der Waals surface area contributed by atoms with Gasteiger partial charge in [0, 0.05) is 28.7 Å². The number of aromatic nitrogens is 2. The number of fused-ring (bicyclic) bond motifs is 1. The molecule has 0 saturated carbocycles. The van der Waals surface area contributed by atoms with Crippen molar-refractivity contribution in [2.75, 3.05) is 30.8 Å². The van der Waals surface area contributed by atoms with E-state index >= 15 is 0 Å². The molecule has 1 saturated heterocycles. The van der Waals surface area contributed by atoms with Crippen molar-refractivity contribution in [3.8, 4) is 18.1 Å². The van der Waals surface area contributed by atoms with Crippen LogP contribution >= 0.6 is 0 Å². The maximum Gasteiger partial charge on any atom is 0.144 e. The number of rotatable bonds is 5. The second-order valence-corrected chi connectivity index (χ2v) is 6.81. The largest absolute Gasteiger partial charge is 0.495 e. The number of anilines is 3. The third kappa shape index (κ3) is 3.85. The van der Waals surface area contributed by atoms with E-state index in [-0.39, 0.29) is 0 Å². The van der Waals surface area contributed by atoms with Crippen LogP contribution in [0.3, 0.4) is 0 Å². The zero-order valence-corrected chi connectivity index (χ0v) is 15.8. The van der Waals surface area contributed by atoms with Crippen LogP contribution in [-0.4, -0.2) is 36.2 Å². The van der Waals surface area contributed by atoms with Crippen LogP contribution in [0.2, 0.25) is 0 Å². The second-order valence-electron chi connectivity index (χ2n) is 6.81. The predicted octanol–water partition coefficient (Wildman–Crippen LogP) is 3.53. The van der Waals surface area contributed by atoms with Crippen molar-refractivity contribution in [1.29, 1.82) is 0 Å². The van der Waals surface area contributed by atoms with Crippen LogP contribution in [0.1, 0.15) is 18.4 Å². The molecule has 6 heteroatoms. The molecule has 4 rings (SSSR count). The monoisotopic (exact) mass is 373 g/mol. The van der Waals surface area contributed by atoms with E-state index in [0.29, 0.717) is 6.04 Å². The average molecular weight is 373 g/mol. The van der Waals surface area contributed by atoms with Gasteiger partial charge in [0.1, 0.15) is 17.9 Å². The molecule has 6 nitrogen and oxygen atoms in total. The molecular formula is C22H23N5O. The number of ether oxygens (including phenoxy) is 1. The molecule has 3 N–H and O–H groups in total. The lowest BCUT2D eigenvalue weighted by molar-refractivity contribution is 0.414. The molecule has 2 heterocycles. The highest BCUT2D eigenvalue weighted by atomic mass is 16.5. The number of nitrogens with one attached hydrogen (secondary N) is 3. The summed E-state index contributed by atoms with van der Waals surface area (Å²) in [4.78, 5) is 8.86. The Morgan fingerprint density at radius 1 is 1.18 bits per heavy atom. The van der Waals surface area contributed by atoms with Gasteiger partial charge < -0.3 is 20.7 Å². The number of piperidine rings is 1. The quantitative estimate of drug-likeness (QED) is 0.595. The lowest BCUT2D eigenvalue weighted by Crippen LogP contribution is -2.35. The van der Waals surface area contributed by atoms with Gasteiger partial charge in [0.25, 0.3) is 0 Å². The summed E-state index contributed by atoms with van der Waals surface area (Å²) < 4.78 is 5.60. The van der Waals surface area contributed by atoms with Gasteiger partial charge in [-0.25, -0.2) is 9.97 Å². The van der Waals surface area contributed by atoms with Gasteiger partial charge in [-0.1, -0.05) is 12.0 Å². The third-order valence-electron chi connectivity index (χ3n) is 4.95. The van der Waals surface area contributed by atoms with Gasteiger partial charge >= 0.3 is 0 Å². The molecule has 0 unspecified atom stereocenters. The number of methoxy groups -OCH3 is 1. The lowest BCUT2D eigenvalue weighted by atomic mass is 10.1. The second kappa shape index (κ2) is 8.15. The van der Waals surface area contributed by atoms with E-state index in [1.54, 1.807) is 13.4 Å². The normalized spacial score (nSPS) is 14.4. The Morgan fingerprint density at radius 3 is 2.82 bits per heavy atom. The van der Waals surface area contributed by atoms with Gasteiger partial charge in [0.05, 0.1) is 18.3 Å². The molecule has 0 spiro atoms. The molecular weight excluding hydrogens is 350 g/mol. The van der Waals surface area contributed by atoms with Gasteiger partial charge in [0.2, 0.25) is 0 Å². The van der Waals surface area contributed by atoms with Crippen LogP contribution in [-0.2, 0) is 0 Å². The van der Waals surface area contributed by atoms with E-state index in [1.807, 2.05) is 30.3 Å².